The second kappa shape index (κ2) is 8.19. The van der Waals surface area contributed by atoms with Crippen LogP contribution in [0.1, 0.15) is 11.1 Å². The number of benzene rings is 2. The van der Waals surface area contributed by atoms with E-state index in [0.717, 1.165) is 22.1 Å². The first-order valence-corrected chi connectivity index (χ1v) is 9.40. The number of nitrogens with zero attached hydrogens (tertiary/aromatic N) is 4. The fourth-order valence-corrected chi connectivity index (χ4v) is 3.42. The van der Waals surface area contributed by atoms with Crippen molar-refractivity contribution in [2.24, 2.45) is 7.05 Å². The molecule has 1 heterocycles. The Morgan fingerprint density at radius 1 is 1.08 bits per heavy atom. The second-order valence-electron chi connectivity index (χ2n) is 6.26. The summed E-state index contributed by atoms with van der Waals surface area (Å²) in [6, 6.07) is 18.2. The molecule has 1 aromatic heterocycles. The molecule has 3 rings (SSSR count). The first kappa shape index (κ1) is 18.2. The van der Waals surface area contributed by atoms with Gasteiger partial charge in [0.15, 0.2) is 11.0 Å². The number of aryl methyl sites for hydroxylation is 1. The summed E-state index contributed by atoms with van der Waals surface area (Å²) < 4.78 is 1.92. The Morgan fingerprint density at radius 2 is 1.77 bits per heavy atom. The molecular weight excluding hydrogens is 344 g/mol. The van der Waals surface area contributed by atoms with Gasteiger partial charge in [0.25, 0.3) is 0 Å². The van der Waals surface area contributed by atoms with Gasteiger partial charge in [-0.15, -0.1) is 10.2 Å². The molecule has 134 valence electrons. The third-order valence-corrected chi connectivity index (χ3v) is 5.16. The molecule has 0 aliphatic carbocycles. The Hall–Kier alpha value is -2.60. The third kappa shape index (κ3) is 4.32. The van der Waals surface area contributed by atoms with Gasteiger partial charge < -0.3 is 9.47 Å². The normalized spacial score (nSPS) is 10.7. The molecule has 0 bridgehead atoms. The Bertz CT molecular complexity index is 875. The summed E-state index contributed by atoms with van der Waals surface area (Å²) in [7, 11) is 3.75. The number of hydrogen-bond acceptors (Lipinski definition) is 4. The van der Waals surface area contributed by atoms with E-state index in [-0.39, 0.29) is 5.91 Å². The Morgan fingerprint density at radius 3 is 2.46 bits per heavy atom. The largest absolute Gasteiger partial charge is 0.341 e. The van der Waals surface area contributed by atoms with Gasteiger partial charge in [0.2, 0.25) is 5.91 Å². The minimum Gasteiger partial charge on any atom is -0.341 e. The highest BCUT2D eigenvalue weighted by atomic mass is 32.2. The van der Waals surface area contributed by atoms with Crippen LogP contribution in [0, 0.1) is 6.92 Å². The molecule has 0 N–H and O–H groups in total. The molecule has 0 aliphatic heterocycles. The fourth-order valence-electron chi connectivity index (χ4n) is 2.57. The van der Waals surface area contributed by atoms with E-state index in [1.165, 1.54) is 17.3 Å². The van der Waals surface area contributed by atoms with E-state index in [0.29, 0.717) is 12.3 Å². The lowest BCUT2D eigenvalue weighted by Gasteiger charge is -2.17. The van der Waals surface area contributed by atoms with Gasteiger partial charge in [-0.2, -0.15) is 0 Å². The predicted molar refractivity (Wildman–Crippen MR) is 105 cm³/mol. The van der Waals surface area contributed by atoms with Gasteiger partial charge in [-0.1, -0.05) is 71.9 Å². The van der Waals surface area contributed by atoms with Crippen molar-refractivity contribution >= 4 is 17.7 Å². The van der Waals surface area contributed by atoms with Crippen LogP contribution in [0.4, 0.5) is 0 Å². The average Bonchev–Trinajstić information content (AvgIpc) is 3.03. The Kier molecular flexibility index (Phi) is 5.73. The van der Waals surface area contributed by atoms with Crippen LogP contribution < -0.4 is 0 Å². The lowest BCUT2D eigenvalue weighted by molar-refractivity contribution is -0.127. The van der Waals surface area contributed by atoms with Gasteiger partial charge in [-0.25, -0.2) is 0 Å². The number of hydrogen-bond donors (Lipinski definition) is 0. The van der Waals surface area contributed by atoms with Gasteiger partial charge in [0, 0.05) is 26.2 Å². The first-order chi connectivity index (χ1) is 12.5. The highest BCUT2D eigenvalue weighted by Crippen LogP contribution is 2.22. The highest BCUT2D eigenvalue weighted by Gasteiger charge is 2.15. The maximum absolute atomic E-state index is 12.4. The maximum Gasteiger partial charge on any atom is 0.233 e. The predicted octanol–water partition coefficient (Wildman–Crippen LogP) is 3.54. The molecule has 0 unspecified atom stereocenters. The zero-order valence-corrected chi connectivity index (χ0v) is 16.0. The quantitative estimate of drug-likeness (QED) is 0.626. The topological polar surface area (TPSA) is 51.0 Å². The van der Waals surface area contributed by atoms with Crippen LogP contribution in [0.2, 0.25) is 0 Å². The maximum atomic E-state index is 12.4. The standard InChI is InChI=1S/C20H22N4OS/c1-15-9-11-16(12-10-15)13-23(2)18(25)14-26-20-22-21-19(24(20)3)17-7-5-4-6-8-17/h4-12H,13-14H2,1-3H3. The molecule has 5 nitrogen and oxygen atoms in total. The van der Waals surface area contributed by atoms with Gasteiger partial charge in [-0.3, -0.25) is 4.79 Å². The number of thioether (sulfide) groups is 1. The Balaban J connectivity index is 1.59. The molecule has 0 fully saturated rings. The molecule has 0 spiro atoms. The number of amides is 1. The van der Waals surface area contributed by atoms with Crippen molar-refractivity contribution in [3.8, 4) is 11.4 Å². The third-order valence-electron chi connectivity index (χ3n) is 4.16. The van der Waals surface area contributed by atoms with Crippen LogP contribution >= 0.6 is 11.8 Å². The van der Waals surface area contributed by atoms with Crippen molar-refractivity contribution in [2.75, 3.05) is 12.8 Å². The summed E-state index contributed by atoms with van der Waals surface area (Å²) in [6.07, 6.45) is 0. The number of carbonyl (C=O) groups is 1. The summed E-state index contributed by atoms with van der Waals surface area (Å²) >= 11 is 1.41. The minimum absolute atomic E-state index is 0.0693. The van der Waals surface area contributed by atoms with E-state index in [2.05, 4.69) is 41.4 Å². The molecule has 6 heteroatoms. The molecule has 0 aliphatic rings. The molecule has 0 atom stereocenters. The molecule has 0 saturated carbocycles. The number of aromatic nitrogens is 3. The summed E-state index contributed by atoms with van der Waals surface area (Å²) in [5, 5.41) is 9.21. The zero-order valence-electron chi connectivity index (χ0n) is 15.2. The Labute approximate surface area is 158 Å². The monoisotopic (exact) mass is 366 g/mol. The van der Waals surface area contributed by atoms with Crippen LogP contribution in [0.5, 0.6) is 0 Å². The molecule has 0 radical (unpaired) electrons. The summed E-state index contributed by atoms with van der Waals surface area (Å²) in [6.45, 7) is 2.66. The van der Waals surface area contributed by atoms with Crippen molar-refractivity contribution in [1.82, 2.24) is 19.7 Å². The minimum atomic E-state index is 0.0693. The highest BCUT2D eigenvalue weighted by molar-refractivity contribution is 7.99. The van der Waals surface area contributed by atoms with Crippen molar-refractivity contribution in [1.29, 1.82) is 0 Å². The van der Waals surface area contributed by atoms with Crippen molar-refractivity contribution in [3.63, 3.8) is 0 Å². The van der Waals surface area contributed by atoms with Gasteiger partial charge in [-0.05, 0) is 12.5 Å². The first-order valence-electron chi connectivity index (χ1n) is 8.41. The summed E-state index contributed by atoms with van der Waals surface area (Å²) in [5.41, 5.74) is 3.36. The van der Waals surface area contributed by atoms with Crippen LogP contribution in [0.15, 0.2) is 59.8 Å². The van der Waals surface area contributed by atoms with E-state index < -0.39 is 0 Å². The summed E-state index contributed by atoms with van der Waals surface area (Å²) in [5.74, 6) is 1.21. The smallest absolute Gasteiger partial charge is 0.233 e. The summed E-state index contributed by atoms with van der Waals surface area (Å²) in [4.78, 5) is 14.2. The van der Waals surface area contributed by atoms with Crippen LogP contribution in [-0.4, -0.2) is 38.4 Å². The molecule has 2 aromatic carbocycles. The fraction of sp³-hybridized carbons (Fsp3) is 0.250. The van der Waals surface area contributed by atoms with Gasteiger partial charge in [0.05, 0.1) is 5.75 Å². The molecule has 0 saturated heterocycles. The number of carbonyl (C=O) groups excluding carboxylic acids is 1. The van der Waals surface area contributed by atoms with E-state index in [4.69, 9.17) is 0 Å². The van der Waals surface area contributed by atoms with E-state index in [9.17, 15) is 4.79 Å². The van der Waals surface area contributed by atoms with Crippen LogP contribution in [0.25, 0.3) is 11.4 Å². The van der Waals surface area contributed by atoms with Crippen LogP contribution in [0.3, 0.4) is 0 Å². The lowest BCUT2D eigenvalue weighted by Crippen LogP contribution is -2.27. The van der Waals surface area contributed by atoms with Gasteiger partial charge >= 0.3 is 0 Å². The van der Waals surface area contributed by atoms with Crippen molar-refractivity contribution in [3.05, 3.63) is 65.7 Å². The van der Waals surface area contributed by atoms with Crippen LogP contribution in [-0.2, 0) is 18.4 Å². The zero-order chi connectivity index (χ0) is 18.5. The van der Waals surface area contributed by atoms with E-state index in [1.807, 2.05) is 49.0 Å². The molecule has 3 aromatic rings. The molecule has 26 heavy (non-hydrogen) atoms. The molecular formula is C20H22N4OS. The van der Waals surface area contributed by atoms with Crippen molar-refractivity contribution < 1.29 is 4.79 Å². The molecule has 1 amide bonds. The lowest BCUT2D eigenvalue weighted by atomic mass is 10.1. The van der Waals surface area contributed by atoms with Gasteiger partial charge in [0.1, 0.15) is 0 Å². The van der Waals surface area contributed by atoms with E-state index in [1.54, 1.807) is 4.90 Å². The average molecular weight is 366 g/mol. The van der Waals surface area contributed by atoms with E-state index >= 15 is 0 Å². The van der Waals surface area contributed by atoms with Crippen molar-refractivity contribution in [2.45, 2.75) is 18.6 Å². The number of rotatable bonds is 6. The second-order valence-corrected chi connectivity index (χ2v) is 7.20. The SMILES string of the molecule is Cc1ccc(CN(C)C(=O)CSc2nnc(-c3ccccc3)n2C)cc1.